The summed E-state index contributed by atoms with van der Waals surface area (Å²) in [5, 5.41) is 9.10. The molecule has 0 saturated heterocycles. The van der Waals surface area contributed by atoms with Gasteiger partial charge in [-0.1, -0.05) is 6.07 Å². The minimum atomic E-state index is -3.25. The fraction of sp³-hybridized carbons (Fsp3) is 0.500. The number of aryl methyl sites for hydroxylation is 2. The van der Waals surface area contributed by atoms with Crippen LogP contribution in [0.1, 0.15) is 24.5 Å². The summed E-state index contributed by atoms with van der Waals surface area (Å²) < 4.78 is 23.8. The summed E-state index contributed by atoms with van der Waals surface area (Å²) in [5.41, 5.74) is 2.05. The summed E-state index contributed by atoms with van der Waals surface area (Å²) >= 11 is 0. The molecule has 90 valence electrons. The summed E-state index contributed by atoms with van der Waals surface area (Å²) in [6, 6.07) is 5.12. The molecule has 0 saturated carbocycles. The van der Waals surface area contributed by atoms with Crippen molar-refractivity contribution < 1.29 is 13.5 Å². The Kier molecular flexibility index (Phi) is 4.10. The van der Waals surface area contributed by atoms with E-state index in [0.717, 1.165) is 11.1 Å². The van der Waals surface area contributed by atoms with Crippen molar-refractivity contribution >= 4 is 9.84 Å². The molecular formula is C12H18O3S. The van der Waals surface area contributed by atoms with Crippen molar-refractivity contribution in [2.75, 3.05) is 5.75 Å². The number of aliphatic hydroxyl groups is 1. The zero-order valence-corrected chi connectivity index (χ0v) is 10.7. The second kappa shape index (κ2) is 4.97. The standard InChI is InChI=1S/C12H18O3S/c1-9-4-5-12(8-10(9)2)16(14,15)7-6-11(3)13/h4-5,8,11,13H,6-7H2,1-3H3. The van der Waals surface area contributed by atoms with Gasteiger partial charge in [-0.05, 0) is 50.5 Å². The first-order chi connectivity index (χ1) is 7.33. The molecule has 1 unspecified atom stereocenters. The van der Waals surface area contributed by atoms with Crippen LogP contribution in [0.4, 0.5) is 0 Å². The highest BCUT2D eigenvalue weighted by atomic mass is 32.2. The maximum absolute atomic E-state index is 11.9. The van der Waals surface area contributed by atoms with Gasteiger partial charge in [-0.15, -0.1) is 0 Å². The fourth-order valence-electron chi connectivity index (χ4n) is 1.35. The van der Waals surface area contributed by atoms with E-state index in [9.17, 15) is 8.42 Å². The van der Waals surface area contributed by atoms with E-state index in [4.69, 9.17) is 5.11 Å². The topological polar surface area (TPSA) is 54.4 Å². The molecule has 0 spiro atoms. The molecule has 0 fully saturated rings. The molecule has 0 radical (unpaired) electrons. The maximum atomic E-state index is 11.9. The van der Waals surface area contributed by atoms with Crippen LogP contribution in [0.2, 0.25) is 0 Å². The highest BCUT2D eigenvalue weighted by Gasteiger charge is 2.15. The molecule has 0 aliphatic carbocycles. The molecule has 0 aromatic heterocycles. The Hall–Kier alpha value is -0.870. The van der Waals surface area contributed by atoms with E-state index in [1.54, 1.807) is 19.1 Å². The van der Waals surface area contributed by atoms with E-state index >= 15 is 0 Å². The lowest BCUT2D eigenvalue weighted by atomic mass is 10.1. The predicted octanol–water partition coefficient (Wildman–Crippen LogP) is 1.85. The highest BCUT2D eigenvalue weighted by Crippen LogP contribution is 2.17. The zero-order chi connectivity index (χ0) is 12.3. The normalized spacial score (nSPS) is 13.8. The molecule has 0 aliphatic heterocycles. The third-order valence-corrected chi connectivity index (χ3v) is 4.39. The average molecular weight is 242 g/mol. The van der Waals surface area contributed by atoms with Crippen LogP contribution in [0.25, 0.3) is 0 Å². The van der Waals surface area contributed by atoms with Crippen molar-refractivity contribution in [2.45, 2.75) is 38.2 Å². The molecule has 1 aromatic carbocycles. The Morgan fingerprint density at radius 1 is 1.25 bits per heavy atom. The van der Waals surface area contributed by atoms with Crippen LogP contribution in [0.15, 0.2) is 23.1 Å². The van der Waals surface area contributed by atoms with Gasteiger partial charge in [0.25, 0.3) is 0 Å². The Balaban J connectivity index is 2.94. The lowest BCUT2D eigenvalue weighted by Crippen LogP contribution is -2.12. The maximum Gasteiger partial charge on any atom is 0.178 e. The molecule has 0 aliphatic rings. The first-order valence-corrected chi connectivity index (χ1v) is 6.96. The largest absolute Gasteiger partial charge is 0.393 e. The fourth-order valence-corrected chi connectivity index (χ4v) is 2.87. The first kappa shape index (κ1) is 13.2. The number of aliphatic hydroxyl groups excluding tert-OH is 1. The van der Waals surface area contributed by atoms with Crippen LogP contribution in [-0.4, -0.2) is 25.4 Å². The molecule has 1 atom stereocenters. The molecular weight excluding hydrogens is 224 g/mol. The van der Waals surface area contributed by atoms with Gasteiger partial charge in [0.05, 0.1) is 16.8 Å². The van der Waals surface area contributed by atoms with Crippen LogP contribution in [0, 0.1) is 13.8 Å². The van der Waals surface area contributed by atoms with E-state index in [-0.39, 0.29) is 12.2 Å². The number of benzene rings is 1. The molecule has 4 heteroatoms. The monoisotopic (exact) mass is 242 g/mol. The van der Waals surface area contributed by atoms with Crippen molar-refractivity contribution in [1.82, 2.24) is 0 Å². The molecule has 1 N–H and O–H groups in total. The second-order valence-electron chi connectivity index (χ2n) is 4.20. The lowest BCUT2D eigenvalue weighted by Gasteiger charge is -2.08. The summed E-state index contributed by atoms with van der Waals surface area (Å²) in [6.07, 6.45) is -0.309. The number of sulfone groups is 1. The van der Waals surface area contributed by atoms with Gasteiger partial charge in [0, 0.05) is 0 Å². The van der Waals surface area contributed by atoms with E-state index in [1.165, 1.54) is 0 Å². The predicted molar refractivity (Wildman–Crippen MR) is 64.3 cm³/mol. The average Bonchev–Trinajstić information content (AvgIpc) is 2.19. The summed E-state index contributed by atoms with van der Waals surface area (Å²) in [6.45, 7) is 5.43. The van der Waals surface area contributed by atoms with Crippen LogP contribution >= 0.6 is 0 Å². The van der Waals surface area contributed by atoms with Gasteiger partial charge in [-0.2, -0.15) is 0 Å². The summed E-state index contributed by atoms with van der Waals surface area (Å²) in [5.74, 6) is -0.00678. The van der Waals surface area contributed by atoms with Gasteiger partial charge in [0.2, 0.25) is 0 Å². The quantitative estimate of drug-likeness (QED) is 0.876. The van der Waals surface area contributed by atoms with Crippen molar-refractivity contribution in [3.63, 3.8) is 0 Å². The lowest BCUT2D eigenvalue weighted by molar-refractivity contribution is 0.191. The molecule has 0 amide bonds. The van der Waals surface area contributed by atoms with E-state index in [2.05, 4.69) is 0 Å². The molecule has 16 heavy (non-hydrogen) atoms. The Labute approximate surface area is 97.0 Å². The van der Waals surface area contributed by atoms with E-state index in [1.807, 2.05) is 19.9 Å². The molecule has 1 aromatic rings. The third-order valence-electron chi connectivity index (χ3n) is 2.64. The first-order valence-electron chi connectivity index (χ1n) is 5.31. The Morgan fingerprint density at radius 2 is 1.88 bits per heavy atom. The third kappa shape index (κ3) is 3.32. The molecule has 0 heterocycles. The second-order valence-corrected chi connectivity index (χ2v) is 6.31. The minimum Gasteiger partial charge on any atom is -0.393 e. The van der Waals surface area contributed by atoms with Gasteiger partial charge in [0.15, 0.2) is 9.84 Å². The van der Waals surface area contributed by atoms with E-state index < -0.39 is 15.9 Å². The van der Waals surface area contributed by atoms with Crippen LogP contribution in [0.3, 0.4) is 0 Å². The van der Waals surface area contributed by atoms with Crippen LogP contribution in [0.5, 0.6) is 0 Å². The molecule has 3 nitrogen and oxygen atoms in total. The van der Waals surface area contributed by atoms with Gasteiger partial charge >= 0.3 is 0 Å². The van der Waals surface area contributed by atoms with Gasteiger partial charge in [-0.3, -0.25) is 0 Å². The van der Waals surface area contributed by atoms with Gasteiger partial charge in [0.1, 0.15) is 0 Å². The van der Waals surface area contributed by atoms with Crippen molar-refractivity contribution in [3.8, 4) is 0 Å². The van der Waals surface area contributed by atoms with Crippen LogP contribution < -0.4 is 0 Å². The van der Waals surface area contributed by atoms with Crippen LogP contribution in [-0.2, 0) is 9.84 Å². The highest BCUT2D eigenvalue weighted by molar-refractivity contribution is 7.91. The van der Waals surface area contributed by atoms with Crippen molar-refractivity contribution in [1.29, 1.82) is 0 Å². The Bertz CT molecular complexity index is 461. The Morgan fingerprint density at radius 3 is 2.38 bits per heavy atom. The van der Waals surface area contributed by atoms with Gasteiger partial charge < -0.3 is 5.11 Å². The number of hydrogen-bond acceptors (Lipinski definition) is 3. The summed E-state index contributed by atoms with van der Waals surface area (Å²) in [7, 11) is -3.25. The SMILES string of the molecule is Cc1ccc(S(=O)(=O)CCC(C)O)cc1C. The van der Waals surface area contributed by atoms with E-state index in [0.29, 0.717) is 4.90 Å². The molecule has 1 rings (SSSR count). The zero-order valence-electron chi connectivity index (χ0n) is 9.90. The number of rotatable bonds is 4. The van der Waals surface area contributed by atoms with Gasteiger partial charge in [-0.25, -0.2) is 8.42 Å². The number of hydrogen-bond donors (Lipinski definition) is 1. The molecule has 0 bridgehead atoms. The van der Waals surface area contributed by atoms with Crippen molar-refractivity contribution in [3.05, 3.63) is 29.3 Å². The summed E-state index contributed by atoms with van der Waals surface area (Å²) in [4.78, 5) is 0.344. The van der Waals surface area contributed by atoms with Crippen molar-refractivity contribution in [2.24, 2.45) is 0 Å². The minimum absolute atomic E-state index is 0.00678. The smallest absolute Gasteiger partial charge is 0.178 e.